The van der Waals surface area contributed by atoms with Crippen LogP contribution in [-0.4, -0.2) is 0 Å². The highest BCUT2D eigenvalue weighted by molar-refractivity contribution is 6.31. The van der Waals surface area contributed by atoms with E-state index < -0.39 is 0 Å². The van der Waals surface area contributed by atoms with Crippen LogP contribution >= 0.6 is 11.6 Å². The normalized spacial score (nSPS) is 12.0. The lowest BCUT2D eigenvalue weighted by atomic mass is 10.1. The van der Waals surface area contributed by atoms with Crippen molar-refractivity contribution < 1.29 is 8.83 Å². The van der Waals surface area contributed by atoms with Crippen molar-refractivity contribution in [1.29, 1.82) is 0 Å². The van der Waals surface area contributed by atoms with E-state index in [1.54, 1.807) is 0 Å². The second-order valence-electron chi connectivity index (χ2n) is 5.16. The third kappa shape index (κ3) is 1.43. The van der Waals surface area contributed by atoms with E-state index in [0.717, 1.165) is 43.9 Å². The number of rotatable bonds is 0. The van der Waals surface area contributed by atoms with Gasteiger partial charge in [-0.15, -0.1) is 0 Å². The largest absolute Gasteiger partial charge is 0.452 e. The van der Waals surface area contributed by atoms with Crippen LogP contribution < -0.4 is 0 Å². The molecule has 5 aromatic rings. The van der Waals surface area contributed by atoms with Crippen LogP contribution in [0.2, 0.25) is 5.02 Å². The molecule has 0 aliphatic carbocycles. The first-order valence-electron chi connectivity index (χ1n) is 6.73. The minimum absolute atomic E-state index is 0.669. The zero-order valence-electron chi connectivity index (χ0n) is 10.9. The fourth-order valence-electron chi connectivity index (χ4n) is 2.99. The summed E-state index contributed by atoms with van der Waals surface area (Å²) in [4.78, 5) is 0. The van der Waals surface area contributed by atoms with Gasteiger partial charge in [-0.25, -0.2) is 0 Å². The Labute approximate surface area is 124 Å². The quantitative estimate of drug-likeness (QED) is 0.343. The summed E-state index contributed by atoms with van der Waals surface area (Å²) in [6.07, 6.45) is 0. The molecule has 5 rings (SSSR count). The summed E-state index contributed by atoms with van der Waals surface area (Å²) in [5.74, 6) is 0. The third-order valence-corrected chi connectivity index (χ3v) is 4.18. The maximum absolute atomic E-state index is 6.05. The Morgan fingerprint density at radius 2 is 1.24 bits per heavy atom. The lowest BCUT2D eigenvalue weighted by Crippen LogP contribution is -1.68. The van der Waals surface area contributed by atoms with Crippen molar-refractivity contribution >= 4 is 55.5 Å². The first-order valence-corrected chi connectivity index (χ1v) is 7.11. The van der Waals surface area contributed by atoms with E-state index in [0.29, 0.717) is 5.02 Å². The van der Waals surface area contributed by atoms with Crippen LogP contribution in [0, 0.1) is 0 Å². The minimum atomic E-state index is 0.669. The zero-order chi connectivity index (χ0) is 14.0. The zero-order valence-corrected chi connectivity index (χ0v) is 11.6. The van der Waals surface area contributed by atoms with Crippen LogP contribution in [-0.2, 0) is 0 Å². The highest BCUT2D eigenvalue weighted by Crippen LogP contribution is 2.38. The summed E-state index contributed by atoms with van der Waals surface area (Å²) < 4.78 is 12.0. The van der Waals surface area contributed by atoms with Crippen molar-refractivity contribution in [2.75, 3.05) is 0 Å². The van der Waals surface area contributed by atoms with Crippen molar-refractivity contribution in [3.05, 3.63) is 59.6 Å². The molecule has 0 bridgehead atoms. The van der Waals surface area contributed by atoms with Crippen molar-refractivity contribution in [2.24, 2.45) is 0 Å². The molecule has 0 fully saturated rings. The van der Waals surface area contributed by atoms with Gasteiger partial charge < -0.3 is 8.83 Å². The van der Waals surface area contributed by atoms with Gasteiger partial charge in [-0.05, 0) is 30.3 Å². The minimum Gasteiger partial charge on any atom is -0.452 e. The molecule has 2 nitrogen and oxygen atoms in total. The second-order valence-corrected chi connectivity index (χ2v) is 5.60. The maximum Gasteiger partial charge on any atom is 0.178 e. The highest BCUT2D eigenvalue weighted by Gasteiger charge is 2.15. The number of hydrogen-bond donors (Lipinski definition) is 0. The number of halogens is 1. The number of fused-ring (bicyclic) bond motifs is 7. The van der Waals surface area contributed by atoms with Gasteiger partial charge >= 0.3 is 0 Å². The Balaban J connectivity index is 2.06. The first kappa shape index (κ1) is 11.2. The second kappa shape index (κ2) is 3.80. The van der Waals surface area contributed by atoms with Gasteiger partial charge in [0.15, 0.2) is 11.2 Å². The molecule has 21 heavy (non-hydrogen) atoms. The SMILES string of the molecule is Clc1ccc2c(c1)oc1c2ccc2c3ccccc3oc21. The molecule has 3 aromatic carbocycles. The fourth-order valence-corrected chi connectivity index (χ4v) is 3.15. The maximum atomic E-state index is 6.05. The van der Waals surface area contributed by atoms with Gasteiger partial charge in [-0.2, -0.15) is 0 Å². The summed E-state index contributed by atoms with van der Waals surface area (Å²) in [5.41, 5.74) is 3.23. The Hall–Kier alpha value is -2.45. The Morgan fingerprint density at radius 3 is 2.05 bits per heavy atom. The number of benzene rings is 3. The van der Waals surface area contributed by atoms with Gasteiger partial charge in [-0.1, -0.05) is 29.8 Å². The number of furan rings is 2. The van der Waals surface area contributed by atoms with E-state index in [4.69, 9.17) is 20.4 Å². The lowest BCUT2D eigenvalue weighted by Gasteiger charge is -1.91. The molecule has 0 aliphatic rings. The molecule has 0 spiro atoms. The van der Waals surface area contributed by atoms with Crippen LogP contribution in [0.5, 0.6) is 0 Å². The Bertz CT molecular complexity index is 1150. The molecule has 0 aliphatic heterocycles. The Kier molecular flexibility index (Phi) is 2.04. The van der Waals surface area contributed by atoms with E-state index in [2.05, 4.69) is 18.2 Å². The molecule has 0 N–H and O–H groups in total. The average Bonchev–Trinajstić information content (AvgIpc) is 3.04. The topological polar surface area (TPSA) is 26.3 Å². The molecule has 0 saturated carbocycles. The Morgan fingerprint density at radius 1 is 0.619 bits per heavy atom. The molecule has 0 radical (unpaired) electrons. The van der Waals surface area contributed by atoms with Crippen LogP contribution in [0.15, 0.2) is 63.4 Å². The average molecular weight is 293 g/mol. The highest BCUT2D eigenvalue weighted by atomic mass is 35.5. The first-order chi connectivity index (χ1) is 10.3. The number of hydrogen-bond acceptors (Lipinski definition) is 2. The summed E-state index contributed by atoms with van der Waals surface area (Å²) in [6.45, 7) is 0. The molecule has 2 heterocycles. The van der Waals surface area contributed by atoms with Gasteiger partial charge in [0.1, 0.15) is 11.2 Å². The van der Waals surface area contributed by atoms with Crippen molar-refractivity contribution in [2.45, 2.75) is 0 Å². The molecule has 0 unspecified atom stereocenters. The van der Waals surface area contributed by atoms with Crippen LogP contribution in [0.4, 0.5) is 0 Å². The van der Waals surface area contributed by atoms with E-state index in [9.17, 15) is 0 Å². The van der Waals surface area contributed by atoms with E-state index in [-0.39, 0.29) is 0 Å². The monoisotopic (exact) mass is 292 g/mol. The predicted molar refractivity (Wildman–Crippen MR) is 86.0 cm³/mol. The fraction of sp³-hybridized carbons (Fsp3) is 0. The van der Waals surface area contributed by atoms with Gasteiger partial charge in [-0.3, -0.25) is 0 Å². The molecule has 0 amide bonds. The van der Waals surface area contributed by atoms with Crippen molar-refractivity contribution in [3.8, 4) is 0 Å². The molecule has 3 heteroatoms. The molecule has 0 saturated heterocycles. The smallest absolute Gasteiger partial charge is 0.178 e. The molecule has 100 valence electrons. The lowest BCUT2D eigenvalue weighted by molar-refractivity contribution is 0.633. The summed E-state index contributed by atoms with van der Waals surface area (Å²) in [5, 5.41) is 4.95. The van der Waals surface area contributed by atoms with Crippen molar-refractivity contribution in [3.63, 3.8) is 0 Å². The molecular formula is C18H9ClO2. The predicted octanol–water partition coefficient (Wildman–Crippen LogP) is 6.14. The van der Waals surface area contributed by atoms with Crippen molar-refractivity contribution in [1.82, 2.24) is 0 Å². The summed E-state index contributed by atoms with van der Waals surface area (Å²) in [6, 6.07) is 17.9. The van der Waals surface area contributed by atoms with E-state index >= 15 is 0 Å². The van der Waals surface area contributed by atoms with Gasteiger partial charge in [0.05, 0.1) is 0 Å². The van der Waals surface area contributed by atoms with E-state index in [1.165, 1.54) is 0 Å². The van der Waals surface area contributed by atoms with Gasteiger partial charge in [0.2, 0.25) is 0 Å². The van der Waals surface area contributed by atoms with Crippen LogP contribution in [0.1, 0.15) is 0 Å². The molecular weight excluding hydrogens is 284 g/mol. The molecule has 2 aromatic heterocycles. The van der Waals surface area contributed by atoms with Gasteiger partial charge in [0.25, 0.3) is 0 Å². The molecule has 0 atom stereocenters. The third-order valence-electron chi connectivity index (χ3n) is 3.95. The summed E-state index contributed by atoms with van der Waals surface area (Å²) in [7, 11) is 0. The van der Waals surface area contributed by atoms with E-state index in [1.807, 2.05) is 36.4 Å². The van der Waals surface area contributed by atoms with Crippen LogP contribution in [0.3, 0.4) is 0 Å². The summed E-state index contributed by atoms with van der Waals surface area (Å²) >= 11 is 6.05. The van der Waals surface area contributed by atoms with Gasteiger partial charge in [0, 0.05) is 32.6 Å². The van der Waals surface area contributed by atoms with Crippen LogP contribution in [0.25, 0.3) is 43.9 Å². The standard InChI is InChI=1S/C18H9ClO2/c19-10-5-6-12-14-8-7-13-11-3-1-2-4-15(11)20-17(13)18(14)21-16(12)9-10/h1-9H. The number of para-hydroxylation sites is 1.